The number of anilines is 1. The molecule has 2 aromatic heterocycles. The monoisotopic (exact) mass is 204 g/mol. The summed E-state index contributed by atoms with van der Waals surface area (Å²) in [6.45, 7) is 2.22. The number of rotatable bonds is 2. The Kier molecular flexibility index (Phi) is 1.65. The van der Waals surface area contributed by atoms with Gasteiger partial charge in [-0.3, -0.25) is 0 Å². The Balaban J connectivity index is 1.90. The predicted molar refractivity (Wildman–Crippen MR) is 55.1 cm³/mol. The molecule has 0 aromatic carbocycles. The first-order valence-electron chi connectivity index (χ1n) is 5.06. The van der Waals surface area contributed by atoms with Crippen molar-refractivity contribution in [1.29, 1.82) is 0 Å². The zero-order chi connectivity index (χ0) is 10.4. The lowest BCUT2D eigenvalue weighted by atomic mass is 10.2. The van der Waals surface area contributed by atoms with E-state index in [2.05, 4.69) is 12.1 Å². The summed E-state index contributed by atoms with van der Waals surface area (Å²) >= 11 is 0. The largest absolute Gasteiger partial charge is 0.459 e. The zero-order valence-corrected chi connectivity index (χ0v) is 8.43. The topological polar surface area (TPSA) is 65.2 Å². The van der Waals surface area contributed by atoms with Crippen molar-refractivity contribution in [1.82, 2.24) is 5.16 Å². The minimum atomic E-state index is 0.308. The van der Waals surface area contributed by atoms with Crippen molar-refractivity contribution in [2.45, 2.75) is 19.3 Å². The molecule has 0 amide bonds. The molecule has 2 heterocycles. The van der Waals surface area contributed by atoms with Gasteiger partial charge in [-0.05, 0) is 24.5 Å². The van der Waals surface area contributed by atoms with Crippen LogP contribution < -0.4 is 5.73 Å². The highest BCUT2D eigenvalue weighted by Gasteiger charge is 2.36. The van der Waals surface area contributed by atoms with Crippen LogP contribution in [-0.4, -0.2) is 5.16 Å². The third-order valence-corrected chi connectivity index (χ3v) is 2.88. The molecule has 1 aliphatic carbocycles. The van der Waals surface area contributed by atoms with Crippen LogP contribution in [-0.2, 0) is 0 Å². The summed E-state index contributed by atoms with van der Waals surface area (Å²) < 4.78 is 10.5. The second-order valence-corrected chi connectivity index (χ2v) is 4.14. The van der Waals surface area contributed by atoms with Gasteiger partial charge in [-0.25, -0.2) is 0 Å². The third-order valence-electron chi connectivity index (χ3n) is 2.88. The standard InChI is InChI=1S/C11H12N2O2/c1-6-4-7(6)9-2-3-10(14-9)8-5-11(12)15-13-8/h2-3,5-7H,4,12H2,1H3. The Hall–Kier alpha value is -1.71. The van der Waals surface area contributed by atoms with E-state index >= 15 is 0 Å². The van der Waals surface area contributed by atoms with Crippen molar-refractivity contribution in [3.63, 3.8) is 0 Å². The van der Waals surface area contributed by atoms with E-state index in [-0.39, 0.29) is 0 Å². The van der Waals surface area contributed by atoms with Crippen LogP contribution in [0.4, 0.5) is 5.88 Å². The molecule has 78 valence electrons. The molecule has 2 N–H and O–H groups in total. The Morgan fingerprint density at radius 2 is 2.27 bits per heavy atom. The lowest BCUT2D eigenvalue weighted by molar-refractivity contribution is 0.434. The molecule has 1 aliphatic rings. The number of hydrogen-bond donors (Lipinski definition) is 1. The van der Waals surface area contributed by atoms with E-state index < -0.39 is 0 Å². The van der Waals surface area contributed by atoms with Crippen molar-refractivity contribution < 1.29 is 8.94 Å². The van der Waals surface area contributed by atoms with Gasteiger partial charge in [0, 0.05) is 12.0 Å². The molecule has 0 aliphatic heterocycles. The molecule has 2 atom stereocenters. The first-order valence-corrected chi connectivity index (χ1v) is 5.06. The highest BCUT2D eigenvalue weighted by atomic mass is 16.5. The first-order chi connectivity index (χ1) is 7.24. The molecule has 1 saturated carbocycles. The van der Waals surface area contributed by atoms with E-state index in [9.17, 15) is 0 Å². The van der Waals surface area contributed by atoms with Crippen molar-refractivity contribution >= 4 is 5.88 Å². The van der Waals surface area contributed by atoms with Crippen LogP contribution in [0.25, 0.3) is 11.5 Å². The first kappa shape index (κ1) is 8.59. The van der Waals surface area contributed by atoms with E-state index in [4.69, 9.17) is 14.7 Å². The van der Waals surface area contributed by atoms with Gasteiger partial charge in [-0.2, -0.15) is 0 Å². The molecule has 4 heteroatoms. The van der Waals surface area contributed by atoms with Crippen LogP contribution in [0, 0.1) is 5.92 Å². The van der Waals surface area contributed by atoms with Gasteiger partial charge in [0.25, 0.3) is 0 Å². The fraction of sp³-hybridized carbons (Fsp3) is 0.364. The number of nitrogen functional groups attached to an aromatic ring is 1. The maximum absolute atomic E-state index is 5.70. The van der Waals surface area contributed by atoms with Gasteiger partial charge >= 0.3 is 0 Å². The average molecular weight is 204 g/mol. The minimum Gasteiger partial charge on any atom is -0.459 e. The lowest BCUT2D eigenvalue weighted by Gasteiger charge is -1.90. The molecule has 3 rings (SSSR count). The predicted octanol–water partition coefficient (Wildman–Crippen LogP) is 2.64. The summed E-state index contributed by atoms with van der Waals surface area (Å²) in [6, 6.07) is 5.59. The van der Waals surface area contributed by atoms with Crippen molar-refractivity contribution in [3.8, 4) is 11.5 Å². The second-order valence-electron chi connectivity index (χ2n) is 4.14. The van der Waals surface area contributed by atoms with Crippen molar-refractivity contribution in [3.05, 3.63) is 24.0 Å². The van der Waals surface area contributed by atoms with Gasteiger partial charge in [-0.1, -0.05) is 12.1 Å². The summed E-state index contributed by atoms with van der Waals surface area (Å²) in [5.74, 6) is 3.40. The van der Waals surface area contributed by atoms with Crippen LogP contribution in [0.15, 0.2) is 27.1 Å². The quantitative estimate of drug-likeness (QED) is 0.816. The minimum absolute atomic E-state index is 0.308. The summed E-state index contributed by atoms with van der Waals surface area (Å²) in [5.41, 5.74) is 6.11. The lowest BCUT2D eigenvalue weighted by Crippen LogP contribution is -1.76. The van der Waals surface area contributed by atoms with Crippen LogP contribution >= 0.6 is 0 Å². The normalized spacial score (nSPS) is 24.3. The highest BCUT2D eigenvalue weighted by molar-refractivity contribution is 5.55. The van der Waals surface area contributed by atoms with E-state index in [1.165, 1.54) is 6.42 Å². The summed E-state index contributed by atoms with van der Waals surface area (Å²) in [6.07, 6.45) is 1.22. The molecular weight excluding hydrogens is 192 g/mol. The third kappa shape index (κ3) is 1.42. The maximum atomic E-state index is 5.70. The molecule has 1 fully saturated rings. The number of hydrogen-bond acceptors (Lipinski definition) is 4. The number of aromatic nitrogens is 1. The van der Waals surface area contributed by atoms with Crippen LogP contribution in [0.5, 0.6) is 0 Å². The van der Waals surface area contributed by atoms with Crippen molar-refractivity contribution in [2.24, 2.45) is 5.92 Å². The summed E-state index contributed by atoms with van der Waals surface area (Å²) in [7, 11) is 0. The Morgan fingerprint density at radius 3 is 2.87 bits per heavy atom. The van der Waals surface area contributed by atoms with Gasteiger partial charge in [0.1, 0.15) is 5.76 Å². The van der Waals surface area contributed by atoms with Gasteiger partial charge in [0.05, 0.1) is 0 Å². The average Bonchev–Trinajstić information content (AvgIpc) is 2.71. The van der Waals surface area contributed by atoms with Gasteiger partial charge < -0.3 is 14.7 Å². The molecule has 2 aromatic rings. The Bertz CT molecular complexity index is 486. The van der Waals surface area contributed by atoms with Crippen LogP contribution in [0.2, 0.25) is 0 Å². The fourth-order valence-corrected chi connectivity index (χ4v) is 1.81. The van der Waals surface area contributed by atoms with Gasteiger partial charge in [0.15, 0.2) is 11.5 Å². The summed E-state index contributed by atoms with van der Waals surface area (Å²) in [5, 5.41) is 3.80. The smallest absolute Gasteiger partial charge is 0.222 e. The molecule has 4 nitrogen and oxygen atoms in total. The fourth-order valence-electron chi connectivity index (χ4n) is 1.81. The number of nitrogens with zero attached hydrogens (tertiary/aromatic N) is 1. The van der Waals surface area contributed by atoms with Gasteiger partial charge in [-0.15, -0.1) is 0 Å². The Morgan fingerprint density at radius 1 is 1.47 bits per heavy atom. The number of furan rings is 1. The maximum Gasteiger partial charge on any atom is 0.222 e. The molecule has 0 radical (unpaired) electrons. The van der Waals surface area contributed by atoms with Crippen LogP contribution in [0.3, 0.4) is 0 Å². The molecule has 15 heavy (non-hydrogen) atoms. The van der Waals surface area contributed by atoms with E-state index in [1.54, 1.807) is 6.07 Å². The molecule has 2 unspecified atom stereocenters. The van der Waals surface area contributed by atoms with Crippen LogP contribution in [0.1, 0.15) is 25.0 Å². The SMILES string of the molecule is CC1CC1c1ccc(-c2cc(N)on2)o1. The molecular formula is C11H12N2O2. The molecule has 0 bridgehead atoms. The zero-order valence-electron chi connectivity index (χ0n) is 8.43. The Labute approximate surface area is 87.0 Å². The van der Waals surface area contributed by atoms with E-state index in [1.807, 2.05) is 12.1 Å². The summed E-state index contributed by atoms with van der Waals surface area (Å²) in [4.78, 5) is 0. The van der Waals surface area contributed by atoms with E-state index in [0.29, 0.717) is 17.5 Å². The second kappa shape index (κ2) is 2.89. The highest BCUT2D eigenvalue weighted by Crippen LogP contribution is 2.47. The van der Waals surface area contributed by atoms with Gasteiger partial charge in [0.2, 0.25) is 5.88 Å². The van der Waals surface area contributed by atoms with E-state index in [0.717, 1.165) is 17.4 Å². The molecule has 0 spiro atoms. The molecule has 0 saturated heterocycles. The van der Waals surface area contributed by atoms with Crippen molar-refractivity contribution in [2.75, 3.05) is 5.73 Å². The number of nitrogens with two attached hydrogens (primary N) is 1.